The molecular weight excluding hydrogens is 262 g/mol. The Morgan fingerprint density at radius 3 is 2.30 bits per heavy atom. The second-order valence-corrected chi connectivity index (χ2v) is 5.99. The van der Waals surface area contributed by atoms with Crippen molar-refractivity contribution in [3.05, 3.63) is 17.5 Å². The number of aliphatic carboxylic acids is 1. The molecule has 1 aromatic rings. The maximum atomic E-state index is 12.0. The van der Waals surface area contributed by atoms with Crippen LogP contribution in [0.2, 0.25) is 0 Å². The van der Waals surface area contributed by atoms with Gasteiger partial charge in [0.05, 0.1) is 23.8 Å². The van der Waals surface area contributed by atoms with Gasteiger partial charge in [0.25, 0.3) is 5.91 Å². The lowest BCUT2D eigenvalue weighted by Gasteiger charge is -2.21. The SMILES string of the molecule is Cc1c(C(=O)NCC(C)(O)C(=O)O)cnn1C(C)(C)C. The van der Waals surface area contributed by atoms with Crippen molar-refractivity contribution in [3.8, 4) is 0 Å². The quantitative estimate of drug-likeness (QED) is 0.747. The molecule has 1 amide bonds. The van der Waals surface area contributed by atoms with Gasteiger partial charge < -0.3 is 15.5 Å². The Labute approximate surface area is 117 Å². The normalized spacial score (nSPS) is 14.7. The molecule has 0 saturated heterocycles. The van der Waals surface area contributed by atoms with Gasteiger partial charge in [0.15, 0.2) is 5.60 Å². The zero-order valence-corrected chi connectivity index (χ0v) is 12.4. The highest BCUT2D eigenvalue weighted by Gasteiger charge is 2.31. The molecule has 0 aliphatic rings. The van der Waals surface area contributed by atoms with Crippen molar-refractivity contribution in [1.82, 2.24) is 15.1 Å². The summed E-state index contributed by atoms with van der Waals surface area (Å²) in [6.45, 7) is 8.41. The minimum absolute atomic E-state index is 0.255. The molecule has 1 aromatic heterocycles. The number of carboxylic acid groups (broad SMARTS) is 1. The molecule has 1 atom stereocenters. The average molecular weight is 283 g/mol. The molecule has 7 heteroatoms. The van der Waals surface area contributed by atoms with Gasteiger partial charge in [-0.2, -0.15) is 5.10 Å². The van der Waals surface area contributed by atoms with E-state index in [1.807, 2.05) is 20.8 Å². The summed E-state index contributed by atoms with van der Waals surface area (Å²) in [7, 11) is 0. The summed E-state index contributed by atoms with van der Waals surface area (Å²) >= 11 is 0. The third-order valence-corrected chi connectivity index (χ3v) is 2.94. The van der Waals surface area contributed by atoms with E-state index < -0.39 is 17.5 Å². The highest BCUT2D eigenvalue weighted by molar-refractivity contribution is 5.95. The molecule has 20 heavy (non-hydrogen) atoms. The summed E-state index contributed by atoms with van der Waals surface area (Å²) in [6, 6.07) is 0. The number of rotatable bonds is 4. The number of nitrogens with zero attached hydrogens (tertiary/aromatic N) is 2. The van der Waals surface area contributed by atoms with E-state index in [2.05, 4.69) is 10.4 Å². The highest BCUT2D eigenvalue weighted by Crippen LogP contribution is 2.18. The van der Waals surface area contributed by atoms with E-state index in [9.17, 15) is 14.7 Å². The topological polar surface area (TPSA) is 104 Å². The molecule has 112 valence electrons. The number of carboxylic acids is 1. The highest BCUT2D eigenvalue weighted by atomic mass is 16.4. The fourth-order valence-corrected chi connectivity index (χ4v) is 1.73. The molecule has 0 saturated carbocycles. The lowest BCUT2D eigenvalue weighted by molar-refractivity contribution is -0.155. The van der Waals surface area contributed by atoms with Gasteiger partial charge in [0.1, 0.15) is 0 Å². The predicted molar refractivity (Wildman–Crippen MR) is 72.6 cm³/mol. The van der Waals surface area contributed by atoms with Gasteiger partial charge in [-0.3, -0.25) is 9.48 Å². The van der Waals surface area contributed by atoms with Crippen LogP contribution in [0.1, 0.15) is 43.7 Å². The molecule has 0 radical (unpaired) electrons. The summed E-state index contributed by atoms with van der Waals surface area (Å²) in [5.41, 5.74) is -1.20. The minimum Gasteiger partial charge on any atom is -0.479 e. The standard InChI is InChI=1S/C13H21N3O4/c1-8-9(6-15-16(8)12(2,3)4)10(17)14-7-13(5,20)11(18)19/h6,20H,7H2,1-5H3,(H,14,17)(H,18,19). The first-order chi connectivity index (χ1) is 8.97. The van der Waals surface area contributed by atoms with Gasteiger partial charge in [-0.05, 0) is 34.6 Å². The van der Waals surface area contributed by atoms with Crippen LogP contribution in [0.25, 0.3) is 0 Å². The van der Waals surface area contributed by atoms with Crippen LogP contribution < -0.4 is 5.32 Å². The van der Waals surface area contributed by atoms with Gasteiger partial charge >= 0.3 is 5.97 Å². The third kappa shape index (κ3) is 3.36. The molecule has 0 fully saturated rings. The first-order valence-electron chi connectivity index (χ1n) is 6.26. The Balaban J connectivity index is 2.85. The van der Waals surface area contributed by atoms with Gasteiger partial charge in [0.2, 0.25) is 0 Å². The Morgan fingerprint density at radius 1 is 1.35 bits per heavy atom. The zero-order valence-electron chi connectivity index (χ0n) is 12.4. The molecule has 0 aliphatic carbocycles. The summed E-state index contributed by atoms with van der Waals surface area (Å²) in [6.07, 6.45) is 1.44. The summed E-state index contributed by atoms with van der Waals surface area (Å²) in [5.74, 6) is -1.85. The van der Waals surface area contributed by atoms with E-state index in [0.717, 1.165) is 6.92 Å². The number of nitrogens with one attached hydrogen (secondary N) is 1. The van der Waals surface area contributed by atoms with Crippen LogP contribution in [-0.4, -0.2) is 44.0 Å². The molecule has 0 aliphatic heterocycles. The molecule has 1 unspecified atom stereocenters. The summed E-state index contributed by atoms with van der Waals surface area (Å²) < 4.78 is 1.72. The van der Waals surface area contributed by atoms with Crippen molar-refractivity contribution in [1.29, 1.82) is 0 Å². The second-order valence-electron chi connectivity index (χ2n) is 5.99. The van der Waals surface area contributed by atoms with Gasteiger partial charge in [-0.15, -0.1) is 0 Å². The predicted octanol–water partition coefficient (Wildman–Crippen LogP) is 0.512. The Morgan fingerprint density at radius 2 is 1.90 bits per heavy atom. The van der Waals surface area contributed by atoms with E-state index in [4.69, 9.17) is 5.11 Å². The van der Waals surface area contributed by atoms with Crippen molar-refractivity contribution in [3.63, 3.8) is 0 Å². The maximum absolute atomic E-state index is 12.0. The number of carbonyl (C=O) groups is 2. The van der Waals surface area contributed by atoms with Crippen LogP contribution >= 0.6 is 0 Å². The van der Waals surface area contributed by atoms with Crippen molar-refractivity contribution in [2.75, 3.05) is 6.54 Å². The van der Waals surface area contributed by atoms with Gasteiger partial charge in [-0.1, -0.05) is 0 Å². The van der Waals surface area contributed by atoms with Crippen LogP contribution in [0.15, 0.2) is 6.20 Å². The van der Waals surface area contributed by atoms with Crippen molar-refractivity contribution < 1.29 is 19.8 Å². The van der Waals surface area contributed by atoms with Crippen LogP contribution in [-0.2, 0) is 10.3 Å². The Kier molecular flexibility index (Phi) is 4.24. The number of amides is 1. The van der Waals surface area contributed by atoms with Crippen LogP contribution in [0.5, 0.6) is 0 Å². The molecule has 1 rings (SSSR count). The fraction of sp³-hybridized carbons (Fsp3) is 0.615. The number of carbonyl (C=O) groups excluding carboxylic acids is 1. The van der Waals surface area contributed by atoms with Crippen LogP contribution in [0.4, 0.5) is 0 Å². The molecule has 0 aromatic carbocycles. The van der Waals surface area contributed by atoms with E-state index in [1.54, 1.807) is 11.6 Å². The Hall–Kier alpha value is -1.89. The first kappa shape index (κ1) is 16.2. The van der Waals surface area contributed by atoms with Crippen LogP contribution in [0.3, 0.4) is 0 Å². The van der Waals surface area contributed by atoms with Gasteiger partial charge in [0, 0.05) is 5.69 Å². The van der Waals surface area contributed by atoms with Crippen LogP contribution in [0, 0.1) is 6.92 Å². The molecular formula is C13H21N3O4. The first-order valence-corrected chi connectivity index (χ1v) is 6.26. The molecule has 3 N–H and O–H groups in total. The third-order valence-electron chi connectivity index (χ3n) is 2.94. The number of aromatic nitrogens is 2. The van der Waals surface area contributed by atoms with Gasteiger partial charge in [-0.25, -0.2) is 4.79 Å². The monoisotopic (exact) mass is 283 g/mol. The second kappa shape index (κ2) is 5.24. The van der Waals surface area contributed by atoms with E-state index in [0.29, 0.717) is 11.3 Å². The lowest BCUT2D eigenvalue weighted by atomic mass is 10.1. The fourth-order valence-electron chi connectivity index (χ4n) is 1.73. The molecule has 0 bridgehead atoms. The van der Waals surface area contributed by atoms with Crippen molar-refractivity contribution >= 4 is 11.9 Å². The lowest BCUT2D eigenvalue weighted by Crippen LogP contribution is -2.46. The number of aliphatic hydroxyl groups is 1. The number of hydrogen-bond donors (Lipinski definition) is 3. The van der Waals surface area contributed by atoms with E-state index in [1.165, 1.54) is 6.20 Å². The molecule has 7 nitrogen and oxygen atoms in total. The molecule has 0 spiro atoms. The van der Waals surface area contributed by atoms with E-state index >= 15 is 0 Å². The van der Waals surface area contributed by atoms with E-state index in [-0.39, 0.29) is 12.1 Å². The molecule has 1 heterocycles. The average Bonchev–Trinajstić information content (AvgIpc) is 2.67. The maximum Gasteiger partial charge on any atom is 0.337 e. The largest absolute Gasteiger partial charge is 0.479 e. The van der Waals surface area contributed by atoms with Crippen molar-refractivity contribution in [2.45, 2.75) is 45.8 Å². The number of hydrogen-bond acceptors (Lipinski definition) is 4. The Bertz CT molecular complexity index is 526. The smallest absolute Gasteiger partial charge is 0.337 e. The summed E-state index contributed by atoms with van der Waals surface area (Å²) in [5, 5.41) is 24.9. The zero-order chi connectivity index (χ0) is 15.7. The summed E-state index contributed by atoms with van der Waals surface area (Å²) in [4.78, 5) is 22.8. The minimum atomic E-state index is -2.00. The van der Waals surface area contributed by atoms with Crippen molar-refractivity contribution in [2.24, 2.45) is 0 Å².